The third-order valence-electron chi connectivity index (χ3n) is 5.62. The van der Waals surface area contributed by atoms with E-state index in [-0.39, 0.29) is 0 Å². The van der Waals surface area contributed by atoms with Gasteiger partial charge in [-0.2, -0.15) is 9.61 Å². The van der Waals surface area contributed by atoms with Gasteiger partial charge in [-0.1, -0.05) is 19.9 Å². The van der Waals surface area contributed by atoms with Crippen LogP contribution < -0.4 is 0 Å². The Morgan fingerprint density at radius 2 is 1.63 bits per heavy atom. The molecule has 0 spiro atoms. The first-order valence-corrected chi connectivity index (χ1v) is 9.77. The summed E-state index contributed by atoms with van der Waals surface area (Å²) in [7, 11) is 0. The highest BCUT2D eigenvalue weighted by molar-refractivity contribution is 5.88. The van der Waals surface area contributed by atoms with Gasteiger partial charge in [-0.25, -0.2) is 4.98 Å². The fourth-order valence-electron chi connectivity index (χ4n) is 4.17. The predicted octanol–water partition coefficient (Wildman–Crippen LogP) is 5.34. The average Bonchev–Trinajstić information content (AvgIpc) is 3.19. The van der Waals surface area contributed by atoms with Crippen molar-refractivity contribution in [2.75, 3.05) is 0 Å². The van der Waals surface area contributed by atoms with Gasteiger partial charge in [-0.05, 0) is 52.7 Å². The summed E-state index contributed by atoms with van der Waals surface area (Å²) in [5, 5.41) is 6.08. The van der Waals surface area contributed by atoms with Gasteiger partial charge in [-0.15, -0.1) is 0 Å². The number of nitrogens with zero attached hydrogens (tertiary/aromatic N) is 5. The highest BCUT2D eigenvalue weighted by Gasteiger charge is 2.21. The second-order valence-corrected chi connectivity index (χ2v) is 7.41. The Morgan fingerprint density at radius 3 is 2.30 bits per heavy atom. The summed E-state index contributed by atoms with van der Waals surface area (Å²) in [5.41, 5.74) is 8.32. The lowest BCUT2D eigenvalue weighted by atomic mass is 10.0. The molecule has 4 rings (SSSR count). The van der Waals surface area contributed by atoms with Gasteiger partial charge in [0.25, 0.3) is 0 Å². The summed E-state index contributed by atoms with van der Waals surface area (Å²) in [6.07, 6.45) is 4.38. The summed E-state index contributed by atoms with van der Waals surface area (Å²) in [4.78, 5) is 9.60. The molecule has 0 N–H and O–H groups in total. The molecule has 0 unspecified atom stereocenters. The lowest BCUT2D eigenvalue weighted by molar-refractivity contribution is 0.480. The Bertz CT molecular complexity index is 1140. The summed E-state index contributed by atoms with van der Waals surface area (Å²) in [6.45, 7) is 12.7. The van der Waals surface area contributed by atoms with E-state index in [9.17, 15) is 0 Å². The Balaban J connectivity index is 2.09. The number of aryl methyl sites for hydroxylation is 4. The van der Waals surface area contributed by atoms with Gasteiger partial charge in [0.05, 0.1) is 17.0 Å². The average molecular weight is 361 g/mol. The molecule has 27 heavy (non-hydrogen) atoms. The number of hydrogen-bond acceptors (Lipinski definition) is 3. The molecule has 4 heterocycles. The zero-order valence-corrected chi connectivity index (χ0v) is 17.0. The van der Waals surface area contributed by atoms with Gasteiger partial charge in [0, 0.05) is 34.6 Å². The van der Waals surface area contributed by atoms with E-state index in [0.29, 0.717) is 6.04 Å². The smallest absolute Gasteiger partial charge is 0.165 e. The zero-order valence-electron chi connectivity index (χ0n) is 17.0. The Labute approximate surface area is 160 Å². The van der Waals surface area contributed by atoms with Crippen LogP contribution >= 0.6 is 0 Å². The van der Waals surface area contributed by atoms with Crippen LogP contribution in [0.5, 0.6) is 0 Å². The molecule has 0 saturated heterocycles. The van der Waals surface area contributed by atoms with E-state index >= 15 is 0 Å². The maximum atomic E-state index is 4.95. The van der Waals surface area contributed by atoms with Crippen molar-refractivity contribution in [3.8, 4) is 11.1 Å². The first-order chi connectivity index (χ1) is 13.0. The Kier molecular flexibility index (Phi) is 4.25. The van der Waals surface area contributed by atoms with Gasteiger partial charge in [0.2, 0.25) is 0 Å². The lowest BCUT2D eigenvalue weighted by Gasteiger charge is -2.17. The normalized spacial score (nSPS) is 12.0. The molecule has 0 aliphatic heterocycles. The number of hydrogen-bond donors (Lipinski definition) is 0. The molecular formula is C22H27N5. The van der Waals surface area contributed by atoms with Crippen molar-refractivity contribution < 1.29 is 0 Å². The van der Waals surface area contributed by atoms with E-state index in [0.717, 1.165) is 58.0 Å². The molecule has 140 valence electrons. The third kappa shape index (κ3) is 2.64. The number of aromatic nitrogens is 5. The Hall–Kier alpha value is -2.69. The number of fused-ring (bicyclic) bond motifs is 3. The Morgan fingerprint density at radius 1 is 0.889 bits per heavy atom. The molecule has 5 nitrogen and oxygen atoms in total. The van der Waals surface area contributed by atoms with Crippen LogP contribution in [0, 0.1) is 27.7 Å². The second-order valence-electron chi connectivity index (χ2n) is 7.41. The van der Waals surface area contributed by atoms with Crippen LogP contribution in [-0.4, -0.2) is 24.1 Å². The van der Waals surface area contributed by atoms with Gasteiger partial charge in [0.15, 0.2) is 5.65 Å². The molecule has 0 aliphatic rings. The molecule has 4 aromatic rings. The van der Waals surface area contributed by atoms with Crippen molar-refractivity contribution in [3.63, 3.8) is 0 Å². The summed E-state index contributed by atoms with van der Waals surface area (Å²) in [5.74, 6) is 0. The molecule has 0 aromatic carbocycles. The van der Waals surface area contributed by atoms with Crippen LogP contribution in [0.1, 0.15) is 55.5 Å². The summed E-state index contributed by atoms with van der Waals surface area (Å²) in [6, 6.07) is 6.83. The fourth-order valence-corrected chi connectivity index (χ4v) is 4.17. The SMILES string of the molecule is CCC(CC)n1ccc2c(C)nc3c(-c4ccc(C)nc4C)c(C)nn3c21. The van der Waals surface area contributed by atoms with Crippen LogP contribution in [0.15, 0.2) is 24.4 Å². The molecule has 5 heteroatoms. The summed E-state index contributed by atoms with van der Waals surface area (Å²) < 4.78 is 4.40. The molecule has 0 aliphatic carbocycles. The molecule has 0 saturated carbocycles. The zero-order chi connectivity index (χ0) is 19.3. The van der Waals surface area contributed by atoms with E-state index in [2.05, 4.69) is 68.6 Å². The number of pyridine rings is 1. The van der Waals surface area contributed by atoms with Crippen LogP contribution in [0.4, 0.5) is 0 Å². The standard InChI is InChI=1S/C22H27N5/c1-7-17(8-2)26-12-11-19-15(5)24-21-20(16(6)25-27(21)22(19)26)18-10-9-13(3)23-14(18)4/h9-12,17H,7-8H2,1-6H3. The van der Waals surface area contributed by atoms with Crippen LogP contribution in [-0.2, 0) is 0 Å². The largest absolute Gasteiger partial charge is 0.329 e. The summed E-state index contributed by atoms with van der Waals surface area (Å²) >= 11 is 0. The van der Waals surface area contributed by atoms with E-state index in [4.69, 9.17) is 10.1 Å². The van der Waals surface area contributed by atoms with Gasteiger partial charge in [-0.3, -0.25) is 4.98 Å². The molecule has 0 atom stereocenters. The monoisotopic (exact) mass is 361 g/mol. The van der Waals surface area contributed by atoms with Crippen molar-refractivity contribution >= 4 is 16.7 Å². The predicted molar refractivity (Wildman–Crippen MR) is 110 cm³/mol. The number of rotatable bonds is 4. The fraction of sp³-hybridized carbons (Fsp3) is 0.409. The molecule has 0 bridgehead atoms. The van der Waals surface area contributed by atoms with Crippen LogP contribution in [0.25, 0.3) is 27.8 Å². The minimum absolute atomic E-state index is 0.461. The van der Waals surface area contributed by atoms with Crippen LogP contribution in [0.3, 0.4) is 0 Å². The highest BCUT2D eigenvalue weighted by Crippen LogP contribution is 2.33. The maximum Gasteiger partial charge on any atom is 0.165 e. The third-order valence-corrected chi connectivity index (χ3v) is 5.62. The van der Waals surface area contributed by atoms with E-state index in [1.165, 1.54) is 5.39 Å². The molecule has 0 amide bonds. The van der Waals surface area contributed by atoms with Crippen molar-refractivity contribution in [2.45, 2.75) is 60.4 Å². The molecular weight excluding hydrogens is 334 g/mol. The topological polar surface area (TPSA) is 48.0 Å². The van der Waals surface area contributed by atoms with Crippen molar-refractivity contribution in [3.05, 3.63) is 47.2 Å². The lowest BCUT2D eigenvalue weighted by Crippen LogP contribution is -2.09. The first kappa shape index (κ1) is 17.7. The van der Waals surface area contributed by atoms with E-state index in [1.807, 2.05) is 11.4 Å². The van der Waals surface area contributed by atoms with Gasteiger partial charge in [0.1, 0.15) is 5.65 Å². The van der Waals surface area contributed by atoms with Crippen molar-refractivity contribution in [1.29, 1.82) is 0 Å². The molecule has 0 fully saturated rings. The molecule has 4 aromatic heterocycles. The minimum Gasteiger partial charge on any atom is -0.329 e. The quantitative estimate of drug-likeness (QED) is 0.493. The first-order valence-electron chi connectivity index (χ1n) is 9.77. The van der Waals surface area contributed by atoms with Crippen molar-refractivity contribution in [1.82, 2.24) is 24.1 Å². The van der Waals surface area contributed by atoms with E-state index < -0.39 is 0 Å². The van der Waals surface area contributed by atoms with Crippen molar-refractivity contribution in [2.24, 2.45) is 0 Å². The van der Waals surface area contributed by atoms with E-state index in [1.54, 1.807) is 0 Å². The van der Waals surface area contributed by atoms with Crippen LogP contribution in [0.2, 0.25) is 0 Å². The minimum atomic E-state index is 0.461. The molecule has 0 radical (unpaired) electrons. The van der Waals surface area contributed by atoms with Gasteiger partial charge < -0.3 is 4.57 Å². The second kappa shape index (κ2) is 6.48. The van der Waals surface area contributed by atoms with Gasteiger partial charge >= 0.3 is 0 Å². The highest BCUT2D eigenvalue weighted by atomic mass is 15.3. The maximum absolute atomic E-state index is 4.95.